The lowest BCUT2D eigenvalue weighted by Gasteiger charge is -2.41. The quantitative estimate of drug-likeness (QED) is 0.752. The zero-order valence-electron chi connectivity index (χ0n) is 18.3. The predicted octanol–water partition coefficient (Wildman–Crippen LogP) is 2.33. The maximum atomic E-state index is 13.5. The smallest absolute Gasteiger partial charge is 0.411 e. The number of likely N-dealkylation sites (tertiary alicyclic amines) is 1. The summed E-state index contributed by atoms with van der Waals surface area (Å²) in [4.78, 5) is 34.6. The van der Waals surface area contributed by atoms with Crippen LogP contribution in [0, 0.1) is 5.41 Å². The topological polar surface area (TPSA) is 106 Å². The Hall–Kier alpha value is -2.55. The number of amides is 2. The number of rotatable bonds is 4. The van der Waals surface area contributed by atoms with Crippen molar-refractivity contribution in [3.8, 4) is 5.75 Å². The maximum absolute atomic E-state index is 13.5. The first-order chi connectivity index (χ1) is 14.8. The monoisotopic (exact) mass is 432 g/mol. The lowest BCUT2D eigenvalue weighted by Crippen LogP contribution is -2.50. The van der Waals surface area contributed by atoms with E-state index in [1.807, 2.05) is 0 Å². The van der Waals surface area contributed by atoms with Crippen LogP contribution < -0.4 is 14.5 Å². The molecule has 170 valence electrons. The van der Waals surface area contributed by atoms with E-state index in [1.54, 1.807) is 13.2 Å². The van der Waals surface area contributed by atoms with Crippen molar-refractivity contribution in [3.63, 3.8) is 0 Å². The van der Waals surface area contributed by atoms with Gasteiger partial charge in [-0.2, -0.15) is 0 Å². The van der Waals surface area contributed by atoms with E-state index >= 15 is 0 Å². The number of carbonyl (C=O) groups is 2. The minimum absolute atomic E-state index is 0.227. The van der Waals surface area contributed by atoms with E-state index in [4.69, 9.17) is 4.74 Å². The molecule has 2 saturated heterocycles. The zero-order chi connectivity index (χ0) is 22.2. The Morgan fingerprint density at radius 2 is 2.00 bits per heavy atom. The molecule has 3 aliphatic rings. The van der Waals surface area contributed by atoms with Crippen molar-refractivity contribution in [2.24, 2.45) is 5.41 Å². The van der Waals surface area contributed by atoms with Crippen molar-refractivity contribution < 1.29 is 24.5 Å². The van der Waals surface area contributed by atoms with Crippen LogP contribution in [0.4, 0.5) is 16.3 Å². The van der Waals surface area contributed by atoms with Gasteiger partial charge in [0.15, 0.2) is 11.6 Å². The number of pyridine rings is 1. The van der Waals surface area contributed by atoms with Crippen LogP contribution in [-0.4, -0.2) is 78.0 Å². The number of hydrogen-bond acceptors (Lipinski definition) is 6. The number of nitrogens with zero attached hydrogens (tertiary/aromatic N) is 4. The van der Waals surface area contributed by atoms with Crippen LogP contribution in [0.2, 0.25) is 0 Å². The number of piperidine rings is 1. The van der Waals surface area contributed by atoms with Crippen molar-refractivity contribution >= 4 is 23.5 Å². The summed E-state index contributed by atoms with van der Waals surface area (Å²) < 4.78 is 5.53. The molecule has 9 nitrogen and oxygen atoms in total. The third-order valence-corrected chi connectivity index (χ3v) is 7.24. The van der Waals surface area contributed by atoms with Crippen molar-refractivity contribution in [3.05, 3.63) is 12.3 Å². The van der Waals surface area contributed by atoms with Crippen molar-refractivity contribution in [1.82, 2.24) is 9.88 Å². The number of carboxylic acid groups (broad SMARTS) is 1. The molecule has 2 N–H and O–H groups in total. The molecule has 1 aromatic heterocycles. The molecule has 4 rings (SSSR count). The lowest BCUT2D eigenvalue weighted by molar-refractivity contribution is -0.139. The SMILES string of the molecule is COc1cc(N(C)C(=O)O)cnc1N1CCCC2(CCN(C3CCC(O)CC3)C2=O)C1. The number of aliphatic hydroxyl groups is 1. The summed E-state index contributed by atoms with van der Waals surface area (Å²) in [6.45, 7) is 2.15. The highest BCUT2D eigenvalue weighted by atomic mass is 16.5. The summed E-state index contributed by atoms with van der Waals surface area (Å²) >= 11 is 0. The van der Waals surface area contributed by atoms with E-state index in [9.17, 15) is 19.8 Å². The second-order valence-electron chi connectivity index (χ2n) is 9.08. The summed E-state index contributed by atoms with van der Waals surface area (Å²) in [5.41, 5.74) is 0.0276. The van der Waals surface area contributed by atoms with Crippen molar-refractivity contribution in [2.45, 2.75) is 57.1 Å². The zero-order valence-corrected chi connectivity index (χ0v) is 18.3. The van der Waals surface area contributed by atoms with Gasteiger partial charge >= 0.3 is 6.09 Å². The van der Waals surface area contributed by atoms with Gasteiger partial charge < -0.3 is 24.7 Å². The Balaban J connectivity index is 1.52. The number of aromatic nitrogens is 1. The molecule has 9 heteroatoms. The maximum Gasteiger partial charge on any atom is 0.411 e. The molecule has 2 amide bonds. The summed E-state index contributed by atoms with van der Waals surface area (Å²) in [7, 11) is 3.01. The summed E-state index contributed by atoms with van der Waals surface area (Å²) in [5, 5.41) is 19.0. The molecule has 1 spiro atoms. The normalized spacial score (nSPS) is 28.8. The van der Waals surface area contributed by atoms with Crippen LogP contribution in [0.3, 0.4) is 0 Å². The molecule has 3 heterocycles. The van der Waals surface area contributed by atoms with Gasteiger partial charge in [-0.3, -0.25) is 9.69 Å². The Labute approximate surface area is 182 Å². The van der Waals surface area contributed by atoms with E-state index < -0.39 is 11.5 Å². The van der Waals surface area contributed by atoms with E-state index in [1.165, 1.54) is 13.2 Å². The van der Waals surface area contributed by atoms with Crippen molar-refractivity contribution in [2.75, 3.05) is 43.6 Å². The van der Waals surface area contributed by atoms with Gasteiger partial charge in [-0.1, -0.05) is 0 Å². The number of anilines is 2. The van der Waals surface area contributed by atoms with E-state index in [0.717, 1.165) is 62.9 Å². The third-order valence-electron chi connectivity index (χ3n) is 7.24. The summed E-state index contributed by atoms with van der Waals surface area (Å²) in [6, 6.07) is 1.91. The van der Waals surface area contributed by atoms with Gasteiger partial charge in [-0.05, 0) is 44.9 Å². The Bertz CT molecular complexity index is 841. The van der Waals surface area contributed by atoms with Crippen LogP contribution >= 0.6 is 0 Å². The molecule has 0 bridgehead atoms. The minimum atomic E-state index is -1.07. The van der Waals surface area contributed by atoms with Crippen LogP contribution in [0.5, 0.6) is 5.75 Å². The average Bonchev–Trinajstić information content (AvgIpc) is 3.08. The Morgan fingerprint density at radius 1 is 1.26 bits per heavy atom. The van der Waals surface area contributed by atoms with Crippen LogP contribution in [0.15, 0.2) is 12.3 Å². The predicted molar refractivity (Wildman–Crippen MR) is 116 cm³/mol. The van der Waals surface area contributed by atoms with E-state index in [2.05, 4.69) is 14.8 Å². The molecule has 1 unspecified atom stereocenters. The Kier molecular flexibility index (Phi) is 5.96. The second-order valence-corrected chi connectivity index (χ2v) is 9.08. The summed E-state index contributed by atoms with van der Waals surface area (Å²) in [6.07, 6.45) is 6.13. The molecule has 1 saturated carbocycles. The number of hydrogen-bond donors (Lipinski definition) is 2. The second kappa shape index (κ2) is 8.53. The largest absolute Gasteiger partial charge is 0.493 e. The van der Waals surface area contributed by atoms with Crippen LogP contribution in [0.25, 0.3) is 0 Å². The molecule has 2 aliphatic heterocycles. The van der Waals surface area contributed by atoms with E-state index in [0.29, 0.717) is 23.8 Å². The minimum Gasteiger partial charge on any atom is -0.493 e. The molecule has 1 aliphatic carbocycles. The summed E-state index contributed by atoms with van der Waals surface area (Å²) in [5.74, 6) is 1.39. The van der Waals surface area contributed by atoms with Gasteiger partial charge in [-0.25, -0.2) is 9.78 Å². The van der Waals surface area contributed by atoms with Gasteiger partial charge in [0, 0.05) is 38.8 Å². The van der Waals surface area contributed by atoms with Crippen LogP contribution in [0.1, 0.15) is 44.9 Å². The highest BCUT2D eigenvalue weighted by Gasteiger charge is 2.51. The van der Waals surface area contributed by atoms with Gasteiger partial charge in [0.1, 0.15) is 0 Å². The molecular weight excluding hydrogens is 400 g/mol. The fourth-order valence-electron chi connectivity index (χ4n) is 5.37. The lowest BCUT2D eigenvalue weighted by atomic mass is 9.78. The van der Waals surface area contributed by atoms with Gasteiger partial charge in [0.25, 0.3) is 0 Å². The first-order valence-corrected chi connectivity index (χ1v) is 11.1. The highest BCUT2D eigenvalue weighted by Crippen LogP contribution is 2.44. The van der Waals surface area contributed by atoms with Gasteiger partial charge in [-0.15, -0.1) is 0 Å². The van der Waals surface area contributed by atoms with Crippen LogP contribution in [-0.2, 0) is 4.79 Å². The standard InChI is InChI=1S/C22H32N4O5/c1-24(21(29)30)16-12-18(31-2)19(23-13-16)25-10-3-8-22(14-25)9-11-26(20(22)28)15-4-6-17(27)7-5-15/h12-13,15,17,27H,3-11,14H2,1-2H3,(H,29,30). The molecule has 0 aromatic carbocycles. The van der Waals surface area contributed by atoms with E-state index in [-0.39, 0.29) is 18.1 Å². The van der Waals surface area contributed by atoms with Gasteiger partial charge in [0.05, 0.1) is 30.5 Å². The van der Waals surface area contributed by atoms with Crippen molar-refractivity contribution in [1.29, 1.82) is 0 Å². The fourth-order valence-corrected chi connectivity index (χ4v) is 5.37. The molecule has 1 aromatic rings. The number of aliphatic hydroxyl groups excluding tert-OH is 1. The number of ether oxygens (including phenoxy) is 1. The molecule has 1 atom stereocenters. The first-order valence-electron chi connectivity index (χ1n) is 11.1. The number of methoxy groups -OCH3 is 1. The first kappa shape index (κ1) is 21.7. The molecular formula is C22H32N4O5. The fraction of sp³-hybridized carbons (Fsp3) is 0.682. The molecule has 3 fully saturated rings. The third kappa shape index (κ3) is 4.03. The molecule has 31 heavy (non-hydrogen) atoms. The van der Waals surface area contributed by atoms with Gasteiger partial charge in [0.2, 0.25) is 5.91 Å². The highest BCUT2D eigenvalue weighted by molar-refractivity contribution is 5.87. The average molecular weight is 433 g/mol. The number of carbonyl (C=O) groups excluding carboxylic acids is 1. The Morgan fingerprint density at radius 3 is 2.68 bits per heavy atom. The molecule has 0 radical (unpaired) electrons.